The highest BCUT2D eigenvalue weighted by Gasteiger charge is 2.31. The maximum absolute atomic E-state index is 12.4. The van der Waals surface area contributed by atoms with Gasteiger partial charge in [-0.3, -0.25) is 9.78 Å². The molecule has 19 heavy (non-hydrogen) atoms. The van der Waals surface area contributed by atoms with Crippen molar-refractivity contribution in [1.29, 1.82) is 0 Å². The van der Waals surface area contributed by atoms with E-state index in [1.807, 2.05) is 17.0 Å². The summed E-state index contributed by atoms with van der Waals surface area (Å²) in [5.41, 5.74) is 0.711. The first-order valence-corrected chi connectivity index (χ1v) is 7.27. The average molecular weight is 259 g/mol. The number of piperidine rings is 1. The summed E-state index contributed by atoms with van der Waals surface area (Å²) in [7, 11) is 0. The Bertz CT molecular complexity index is 428. The molecule has 2 fully saturated rings. The predicted molar refractivity (Wildman–Crippen MR) is 73.9 cm³/mol. The van der Waals surface area contributed by atoms with Crippen molar-refractivity contribution in [2.45, 2.75) is 31.7 Å². The number of carbonyl (C=O) groups is 1. The molecule has 0 spiro atoms. The third kappa shape index (κ3) is 2.78. The van der Waals surface area contributed by atoms with E-state index in [-0.39, 0.29) is 5.91 Å². The van der Waals surface area contributed by atoms with Crippen LogP contribution >= 0.6 is 0 Å². The number of carbonyl (C=O) groups excluding carboxylic acids is 1. The molecule has 4 heteroatoms. The van der Waals surface area contributed by atoms with Gasteiger partial charge in [-0.2, -0.15) is 0 Å². The molecule has 2 aliphatic rings. The molecule has 4 nitrogen and oxygen atoms in total. The lowest BCUT2D eigenvalue weighted by atomic mass is 9.89. The number of nitrogens with zero attached hydrogens (tertiary/aromatic N) is 2. The van der Waals surface area contributed by atoms with Gasteiger partial charge in [0.25, 0.3) is 5.91 Å². The van der Waals surface area contributed by atoms with Crippen LogP contribution in [0.15, 0.2) is 24.5 Å². The van der Waals surface area contributed by atoms with E-state index in [1.54, 1.807) is 12.4 Å². The van der Waals surface area contributed by atoms with Gasteiger partial charge in [-0.15, -0.1) is 0 Å². The fraction of sp³-hybridized carbons (Fsp3) is 0.600. The molecule has 102 valence electrons. The Balaban J connectivity index is 1.66. The minimum atomic E-state index is 0.135. The monoisotopic (exact) mass is 259 g/mol. The molecule has 2 aliphatic heterocycles. The average Bonchev–Trinajstić information content (AvgIpc) is 3.02. The zero-order valence-corrected chi connectivity index (χ0v) is 11.2. The van der Waals surface area contributed by atoms with E-state index in [9.17, 15) is 4.79 Å². The molecule has 3 rings (SSSR count). The van der Waals surface area contributed by atoms with Crippen molar-refractivity contribution in [1.82, 2.24) is 15.2 Å². The molecule has 0 aliphatic carbocycles. The molecule has 1 N–H and O–H groups in total. The molecule has 2 unspecified atom stereocenters. The number of nitrogens with one attached hydrogen (secondary N) is 1. The molecule has 0 radical (unpaired) electrons. The van der Waals surface area contributed by atoms with Gasteiger partial charge in [0.05, 0.1) is 5.56 Å². The van der Waals surface area contributed by atoms with Gasteiger partial charge in [-0.1, -0.05) is 0 Å². The minimum absolute atomic E-state index is 0.135. The van der Waals surface area contributed by atoms with Crippen LogP contribution in [0.1, 0.15) is 36.0 Å². The number of pyridine rings is 1. The van der Waals surface area contributed by atoms with Crippen molar-refractivity contribution in [2.24, 2.45) is 5.92 Å². The summed E-state index contributed by atoms with van der Waals surface area (Å²) < 4.78 is 0. The third-order valence-corrected chi connectivity index (χ3v) is 4.32. The number of hydrogen-bond donors (Lipinski definition) is 1. The van der Waals surface area contributed by atoms with Gasteiger partial charge in [-0.05, 0) is 50.3 Å². The van der Waals surface area contributed by atoms with Gasteiger partial charge in [0.1, 0.15) is 0 Å². The van der Waals surface area contributed by atoms with E-state index < -0.39 is 0 Å². The first kappa shape index (κ1) is 12.6. The fourth-order valence-corrected chi connectivity index (χ4v) is 3.31. The highest BCUT2D eigenvalue weighted by atomic mass is 16.2. The van der Waals surface area contributed by atoms with Crippen LogP contribution in [-0.4, -0.2) is 41.5 Å². The fourth-order valence-electron chi connectivity index (χ4n) is 3.31. The second kappa shape index (κ2) is 5.70. The normalized spacial score (nSPS) is 27.5. The highest BCUT2D eigenvalue weighted by Crippen LogP contribution is 2.25. The summed E-state index contributed by atoms with van der Waals surface area (Å²) in [5, 5.41) is 3.58. The van der Waals surface area contributed by atoms with Gasteiger partial charge in [0.2, 0.25) is 0 Å². The summed E-state index contributed by atoms with van der Waals surface area (Å²) in [4.78, 5) is 18.5. The number of aromatic nitrogens is 1. The Hall–Kier alpha value is -1.42. The summed E-state index contributed by atoms with van der Waals surface area (Å²) in [5.74, 6) is 0.757. The smallest absolute Gasteiger partial charge is 0.255 e. The van der Waals surface area contributed by atoms with E-state index in [0.717, 1.165) is 26.1 Å². The standard InChI is InChI=1S/C15H21N3O/c19-15(12-4-1-7-16-10-12)18-9-3-5-13(11-18)14-6-2-8-17-14/h1,4,7,10,13-14,17H,2-3,5-6,8-9,11H2. The third-order valence-electron chi connectivity index (χ3n) is 4.32. The Morgan fingerprint density at radius 2 is 2.32 bits per heavy atom. The van der Waals surface area contributed by atoms with Gasteiger partial charge in [0, 0.05) is 31.5 Å². The van der Waals surface area contributed by atoms with Gasteiger partial charge < -0.3 is 10.2 Å². The van der Waals surface area contributed by atoms with Crippen LogP contribution in [0.3, 0.4) is 0 Å². The van der Waals surface area contributed by atoms with Crippen molar-refractivity contribution in [3.63, 3.8) is 0 Å². The zero-order chi connectivity index (χ0) is 13.1. The zero-order valence-electron chi connectivity index (χ0n) is 11.2. The van der Waals surface area contributed by atoms with Crippen LogP contribution in [0.2, 0.25) is 0 Å². The van der Waals surface area contributed by atoms with Crippen molar-refractivity contribution < 1.29 is 4.79 Å². The lowest BCUT2D eigenvalue weighted by Gasteiger charge is -2.35. The van der Waals surface area contributed by atoms with E-state index in [0.29, 0.717) is 17.5 Å². The number of likely N-dealkylation sites (tertiary alicyclic amines) is 1. The number of amides is 1. The molecule has 0 saturated carbocycles. The maximum Gasteiger partial charge on any atom is 0.255 e. The van der Waals surface area contributed by atoms with Crippen LogP contribution in [0.5, 0.6) is 0 Å². The summed E-state index contributed by atoms with van der Waals surface area (Å²) in [6.45, 7) is 2.92. The van der Waals surface area contributed by atoms with E-state index >= 15 is 0 Å². The van der Waals surface area contributed by atoms with Gasteiger partial charge >= 0.3 is 0 Å². The van der Waals surface area contributed by atoms with E-state index in [4.69, 9.17) is 0 Å². The first-order chi connectivity index (χ1) is 9.34. The van der Waals surface area contributed by atoms with Crippen molar-refractivity contribution in [2.75, 3.05) is 19.6 Å². The first-order valence-electron chi connectivity index (χ1n) is 7.27. The maximum atomic E-state index is 12.4. The van der Waals surface area contributed by atoms with Crippen LogP contribution in [0.4, 0.5) is 0 Å². The van der Waals surface area contributed by atoms with Crippen LogP contribution in [-0.2, 0) is 0 Å². The van der Waals surface area contributed by atoms with E-state index in [1.165, 1.54) is 19.3 Å². The van der Waals surface area contributed by atoms with Crippen molar-refractivity contribution in [3.8, 4) is 0 Å². The predicted octanol–water partition coefficient (Wildman–Crippen LogP) is 1.69. The Morgan fingerprint density at radius 3 is 3.05 bits per heavy atom. The number of hydrogen-bond acceptors (Lipinski definition) is 3. The van der Waals surface area contributed by atoms with Crippen LogP contribution < -0.4 is 5.32 Å². The second-order valence-electron chi connectivity index (χ2n) is 5.60. The Morgan fingerprint density at radius 1 is 1.37 bits per heavy atom. The molecule has 1 aromatic rings. The lowest BCUT2D eigenvalue weighted by molar-refractivity contribution is 0.0650. The largest absolute Gasteiger partial charge is 0.338 e. The molecule has 3 heterocycles. The summed E-state index contributed by atoms with van der Waals surface area (Å²) in [6, 6.07) is 4.30. The molecule has 1 amide bonds. The Kier molecular flexibility index (Phi) is 3.78. The topological polar surface area (TPSA) is 45.2 Å². The molecule has 2 saturated heterocycles. The van der Waals surface area contributed by atoms with Gasteiger partial charge in [-0.25, -0.2) is 0 Å². The van der Waals surface area contributed by atoms with E-state index in [2.05, 4.69) is 10.3 Å². The highest BCUT2D eigenvalue weighted by molar-refractivity contribution is 5.93. The Labute approximate surface area is 114 Å². The summed E-state index contributed by atoms with van der Waals surface area (Å²) >= 11 is 0. The molecule has 0 aromatic carbocycles. The molecule has 0 bridgehead atoms. The SMILES string of the molecule is O=C(c1cccnc1)N1CCCC(C2CCCN2)C1. The molecule has 1 aromatic heterocycles. The van der Waals surface area contributed by atoms with Crippen molar-refractivity contribution >= 4 is 5.91 Å². The lowest BCUT2D eigenvalue weighted by Crippen LogP contribution is -2.45. The summed E-state index contributed by atoms with van der Waals surface area (Å²) in [6.07, 6.45) is 8.28. The second-order valence-corrected chi connectivity index (χ2v) is 5.60. The molecule has 2 atom stereocenters. The number of rotatable bonds is 2. The van der Waals surface area contributed by atoms with Crippen LogP contribution in [0, 0.1) is 5.92 Å². The minimum Gasteiger partial charge on any atom is -0.338 e. The van der Waals surface area contributed by atoms with Crippen molar-refractivity contribution in [3.05, 3.63) is 30.1 Å². The quantitative estimate of drug-likeness (QED) is 0.879. The molecular formula is C15H21N3O. The van der Waals surface area contributed by atoms with Gasteiger partial charge in [0.15, 0.2) is 0 Å². The van der Waals surface area contributed by atoms with Crippen LogP contribution in [0.25, 0.3) is 0 Å². The molecular weight excluding hydrogens is 238 g/mol.